The van der Waals surface area contributed by atoms with Crippen LogP contribution in [-0.2, 0) is 4.79 Å². The zero-order valence-corrected chi connectivity index (χ0v) is 19.4. The fourth-order valence-corrected chi connectivity index (χ4v) is 4.25. The molecule has 0 radical (unpaired) electrons. The average molecular weight is 483 g/mol. The molecule has 0 aliphatic rings. The number of rotatable bonds is 8. The summed E-state index contributed by atoms with van der Waals surface area (Å²) in [5.41, 5.74) is 2.15. The van der Waals surface area contributed by atoms with Gasteiger partial charge in [-0.2, -0.15) is 0 Å². The Morgan fingerprint density at radius 3 is 1.74 bits per heavy atom. The van der Waals surface area contributed by atoms with E-state index in [0.717, 1.165) is 16.3 Å². The van der Waals surface area contributed by atoms with E-state index in [4.69, 9.17) is 0 Å². The van der Waals surface area contributed by atoms with E-state index >= 15 is 0 Å². The van der Waals surface area contributed by atoms with E-state index in [2.05, 4.69) is 5.32 Å². The largest absolute Gasteiger partial charge is 0.478 e. The zero-order valence-electron chi connectivity index (χ0n) is 18.6. The number of thioether (sulfide) groups is 1. The minimum Gasteiger partial charge on any atom is -0.478 e. The van der Waals surface area contributed by atoms with E-state index in [1.165, 1.54) is 23.9 Å². The van der Waals surface area contributed by atoms with Gasteiger partial charge in [0, 0.05) is 22.0 Å². The Morgan fingerprint density at radius 1 is 0.686 bits per heavy atom. The van der Waals surface area contributed by atoms with Crippen LogP contribution in [-0.4, -0.2) is 28.6 Å². The van der Waals surface area contributed by atoms with Crippen molar-refractivity contribution < 1.29 is 19.5 Å². The third kappa shape index (κ3) is 5.96. The molecule has 4 aromatic carbocycles. The number of hydrogen-bond donors (Lipinski definition) is 2. The summed E-state index contributed by atoms with van der Waals surface area (Å²) in [4.78, 5) is 39.7. The molecule has 0 saturated heterocycles. The van der Waals surface area contributed by atoms with Gasteiger partial charge in [0.1, 0.15) is 0 Å². The van der Waals surface area contributed by atoms with Gasteiger partial charge in [0.25, 0.3) is 5.91 Å². The molecule has 174 valence electrons. The number of carboxylic acids is 1. The normalized spacial score (nSPS) is 10.4. The van der Waals surface area contributed by atoms with Gasteiger partial charge in [0.05, 0.1) is 16.9 Å². The first-order valence-electron chi connectivity index (χ1n) is 10.8. The number of para-hydroxylation sites is 2. The summed E-state index contributed by atoms with van der Waals surface area (Å²) in [7, 11) is 0. The summed E-state index contributed by atoms with van der Waals surface area (Å²) in [6.07, 6.45) is 0. The molecule has 6 nitrogen and oxygen atoms in total. The number of benzene rings is 4. The van der Waals surface area contributed by atoms with Gasteiger partial charge in [0.15, 0.2) is 0 Å². The average Bonchev–Trinajstić information content (AvgIpc) is 2.89. The molecule has 4 aromatic rings. The van der Waals surface area contributed by atoms with Gasteiger partial charge in [-0.3, -0.25) is 14.5 Å². The molecule has 35 heavy (non-hydrogen) atoms. The highest BCUT2D eigenvalue weighted by molar-refractivity contribution is 8.00. The lowest BCUT2D eigenvalue weighted by Crippen LogP contribution is -2.27. The van der Waals surface area contributed by atoms with Gasteiger partial charge in [-0.25, -0.2) is 4.79 Å². The molecule has 7 heteroatoms. The number of anilines is 3. The summed E-state index contributed by atoms with van der Waals surface area (Å²) in [5, 5.41) is 12.0. The van der Waals surface area contributed by atoms with E-state index in [1.807, 2.05) is 72.8 Å². The molecule has 0 spiro atoms. The van der Waals surface area contributed by atoms with Crippen molar-refractivity contribution in [2.45, 2.75) is 4.90 Å². The summed E-state index contributed by atoms with van der Waals surface area (Å²) in [5.74, 6) is -1.50. The van der Waals surface area contributed by atoms with Gasteiger partial charge >= 0.3 is 5.97 Å². The van der Waals surface area contributed by atoms with Crippen LogP contribution in [0.5, 0.6) is 0 Å². The van der Waals surface area contributed by atoms with Crippen molar-refractivity contribution in [1.82, 2.24) is 0 Å². The summed E-state index contributed by atoms with van der Waals surface area (Å²) < 4.78 is 0. The number of aromatic carboxylic acids is 1. The Labute approximate surface area is 207 Å². The predicted octanol–water partition coefficient (Wildman–Crippen LogP) is 6.09. The number of amides is 2. The highest BCUT2D eigenvalue weighted by Gasteiger charge is 2.18. The first-order chi connectivity index (χ1) is 17.0. The second kappa shape index (κ2) is 11.2. The van der Waals surface area contributed by atoms with Gasteiger partial charge in [-0.15, -0.1) is 11.8 Å². The molecule has 0 atom stereocenters. The van der Waals surface area contributed by atoms with E-state index in [1.54, 1.807) is 29.2 Å². The van der Waals surface area contributed by atoms with Crippen LogP contribution in [0.2, 0.25) is 0 Å². The van der Waals surface area contributed by atoms with Crippen LogP contribution >= 0.6 is 11.8 Å². The molecule has 0 heterocycles. The SMILES string of the molecule is O=C(O)c1ccccc1C(=O)Nc1ccc(SCC(=O)N(c2ccccc2)c2ccccc2)cc1. The molecule has 0 saturated carbocycles. The highest BCUT2D eigenvalue weighted by Crippen LogP contribution is 2.28. The summed E-state index contributed by atoms with van der Waals surface area (Å²) in [6.45, 7) is 0. The molecule has 0 fully saturated rings. The van der Waals surface area contributed by atoms with E-state index < -0.39 is 11.9 Å². The lowest BCUT2D eigenvalue weighted by molar-refractivity contribution is -0.115. The number of carbonyl (C=O) groups excluding carboxylic acids is 2. The third-order valence-corrected chi connectivity index (χ3v) is 6.15. The number of hydrogen-bond acceptors (Lipinski definition) is 4. The van der Waals surface area contributed by atoms with E-state index in [9.17, 15) is 19.5 Å². The quantitative estimate of drug-likeness (QED) is 0.297. The van der Waals surface area contributed by atoms with Crippen molar-refractivity contribution >= 4 is 46.6 Å². The topological polar surface area (TPSA) is 86.7 Å². The van der Waals surface area contributed by atoms with Crippen molar-refractivity contribution in [3.63, 3.8) is 0 Å². The fourth-order valence-electron chi connectivity index (χ4n) is 3.50. The van der Waals surface area contributed by atoms with Crippen LogP contribution in [0.15, 0.2) is 114 Å². The predicted molar refractivity (Wildman–Crippen MR) is 139 cm³/mol. The standard InChI is InChI=1S/C28H22N2O4S/c31-26(30(21-9-3-1-4-10-21)22-11-5-2-6-12-22)19-35-23-17-15-20(16-18-23)29-27(32)24-13-7-8-14-25(24)28(33)34/h1-18H,19H2,(H,29,32)(H,33,34). The molecular formula is C28H22N2O4S. The van der Waals surface area contributed by atoms with Gasteiger partial charge in [-0.1, -0.05) is 48.5 Å². The second-order valence-corrected chi connectivity index (χ2v) is 8.57. The number of nitrogens with zero attached hydrogens (tertiary/aromatic N) is 1. The Hall–Kier alpha value is -4.36. The van der Waals surface area contributed by atoms with Crippen LogP contribution in [0.1, 0.15) is 20.7 Å². The van der Waals surface area contributed by atoms with Crippen LogP contribution < -0.4 is 10.2 Å². The van der Waals surface area contributed by atoms with Crippen molar-refractivity contribution in [1.29, 1.82) is 0 Å². The third-order valence-electron chi connectivity index (χ3n) is 5.15. The second-order valence-electron chi connectivity index (χ2n) is 7.52. The lowest BCUT2D eigenvalue weighted by atomic mass is 10.1. The fraction of sp³-hybridized carbons (Fsp3) is 0.0357. The van der Waals surface area contributed by atoms with E-state index in [-0.39, 0.29) is 22.8 Å². The molecule has 4 rings (SSSR count). The van der Waals surface area contributed by atoms with Crippen molar-refractivity contribution in [2.24, 2.45) is 0 Å². The monoisotopic (exact) mass is 482 g/mol. The van der Waals surface area contributed by atoms with Crippen molar-refractivity contribution in [3.8, 4) is 0 Å². The van der Waals surface area contributed by atoms with Crippen LogP contribution in [0, 0.1) is 0 Å². The lowest BCUT2D eigenvalue weighted by Gasteiger charge is -2.23. The van der Waals surface area contributed by atoms with Crippen LogP contribution in [0.4, 0.5) is 17.1 Å². The molecule has 0 unspecified atom stereocenters. The minimum absolute atomic E-state index is 0.0583. The molecule has 0 aliphatic carbocycles. The van der Waals surface area contributed by atoms with Crippen LogP contribution in [0.3, 0.4) is 0 Å². The number of carbonyl (C=O) groups is 3. The Morgan fingerprint density at radius 2 is 1.20 bits per heavy atom. The maximum absolute atomic E-state index is 13.2. The molecule has 0 aromatic heterocycles. The van der Waals surface area contributed by atoms with Crippen molar-refractivity contribution in [3.05, 3.63) is 120 Å². The smallest absolute Gasteiger partial charge is 0.336 e. The summed E-state index contributed by atoms with van der Waals surface area (Å²) >= 11 is 1.39. The maximum Gasteiger partial charge on any atom is 0.336 e. The molecular weight excluding hydrogens is 460 g/mol. The minimum atomic E-state index is -1.16. The molecule has 2 N–H and O–H groups in total. The molecule has 2 amide bonds. The highest BCUT2D eigenvalue weighted by atomic mass is 32.2. The Bertz CT molecular complexity index is 1290. The van der Waals surface area contributed by atoms with Gasteiger partial charge in [-0.05, 0) is 60.7 Å². The van der Waals surface area contributed by atoms with Crippen molar-refractivity contribution in [2.75, 3.05) is 16.0 Å². The first-order valence-corrected chi connectivity index (χ1v) is 11.8. The Kier molecular flexibility index (Phi) is 7.60. The number of nitrogens with one attached hydrogen (secondary N) is 1. The number of carboxylic acid groups (broad SMARTS) is 1. The summed E-state index contributed by atoms with van der Waals surface area (Å²) in [6, 6.07) is 32.1. The Balaban J connectivity index is 1.42. The van der Waals surface area contributed by atoms with E-state index in [0.29, 0.717) is 5.69 Å². The first kappa shape index (κ1) is 23.8. The zero-order chi connectivity index (χ0) is 24.6. The van der Waals surface area contributed by atoms with Gasteiger partial charge < -0.3 is 10.4 Å². The molecule has 0 bridgehead atoms. The maximum atomic E-state index is 13.2. The van der Waals surface area contributed by atoms with Gasteiger partial charge in [0.2, 0.25) is 5.91 Å². The molecule has 0 aliphatic heterocycles. The van der Waals surface area contributed by atoms with Crippen LogP contribution in [0.25, 0.3) is 0 Å².